The molecule has 0 saturated carbocycles. The highest BCUT2D eigenvalue weighted by molar-refractivity contribution is 6.35. The molecule has 2 aromatic rings. The number of rotatable bonds is 16. The second-order valence-corrected chi connectivity index (χ2v) is 10.2. The SMILES string of the molecule is CCCCCCCCCCCCNC(=O)c1ccc(CN(Cc2ccc(Cl)cc2Cl)C(=O)C(=O)O)cc1. The number of hydrogen-bond acceptors (Lipinski definition) is 3. The van der Waals surface area contributed by atoms with Gasteiger partial charge in [-0.3, -0.25) is 9.59 Å². The summed E-state index contributed by atoms with van der Waals surface area (Å²) in [6.07, 6.45) is 12.5. The van der Waals surface area contributed by atoms with Crippen molar-refractivity contribution in [3.05, 3.63) is 69.2 Å². The Morgan fingerprint density at radius 2 is 1.41 bits per heavy atom. The highest BCUT2D eigenvalue weighted by atomic mass is 35.5. The predicted molar refractivity (Wildman–Crippen MR) is 149 cm³/mol. The summed E-state index contributed by atoms with van der Waals surface area (Å²) < 4.78 is 0. The van der Waals surface area contributed by atoms with Crippen molar-refractivity contribution < 1.29 is 19.5 Å². The number of unbranched alkanes of at least 4 members (excludes halogenated alkanes) is 9. The number of carbonyl (C=O) groups excluding carboxylic acids is 2. The molecular weight excluding hydrogens is 511 g/mol. The first-order valence-electron chi connectivity index (χ1n) is 13.1. The number of carbonyl (C=O) groups is 3. The fraction of sp³-hybridized carbons (Fsp3) is 0.483. The van der Waals surface area contributed by atoms with E-state index in [2.05, 4.69) is 12.2 Å². The Hall–Kier alpha value is -2.57. The van der Waals surface area contributed by atoms with Crippen molar-refractivity contribution in [1.29, 1.82) is 0 Å². The third-order valence-electron chi connectivity index (χ3n) is 6.25. The lowest BCUT2D eigenvalue weighted by Gasteiger charge is -2.22. The highest BCUT2D eigenvalue weighted by Gasteiger charge is 2.22. The van der Waals surface area contributed by atoms with E-state index < -0.39 is 11.9 Å². The Morgan fingerprint density at radius 3 is 1.97 bits per heavy atom. The van der Waals surface area contributed by atoms with E-state index in [9.17, 15) is 19.5 Å². The number of aliphatic carboxylic acids is 1. The molecule has 2 rings (SSSR count). The minimum absolute atomic E-state index is 0.0161. The van der Waals surface area contributed by atoms with E-state index in [1.54, 1.807) is 42.5 Å². The van der Waals surface area contributed by atoms with Gasteiger partial charge in [-0.05, 0) is 41.8 Å². The van der Waals surface area contributed by atoms with Crippen LogP contribution in [-0.2, 0) is 22.7 Å². The molecule has 0 aromatic heterocycles. The van der Waals surface area contributed by atoms with E-state index in [1.807, 2.05) is 0 Å². The molecule has 0 spiro atoms. The summed E-state index contributed by atoms with van der Waals surface area (Å²) in [5, 5.41) is 13.0. The standard InChI is InChI=1S/C29H38Cl2N2O4/c1-2-3-4-5-6-7-8-9-10-11-18-32-27(34)23-14-12-22(13-15-23)20-33(28(35)29(36)37)21-24-16-17-25(30)19-26(24)31/h12-17,19H,2-11,18,20-21H2,1H3,(H,32,34)(H,36,37). The summed E-state index contributed by atoms with van der Waals surface area (Å²) in [5.41, 5.74) is 1.81. The van der Waals surface area contributed by atoms with Crippen LogP contribution in [0.1, 0.15) is 92.6 Å². The van der Waals surface area contributed by atoms with Crippen molar-refractivity contribution in [2.24, 2.45) is 0 Å². The van der Waals surface area contributed by atoms with Gasteiger partial charge in [0, 0.05) is 35.2 Å². The molecule has 0 radical (unpaired) electrons. The van der Waals surface area contributed by atoms with Crippen LogP contribution in [0.5, 0.6) is 0 Å². The third kappa shape index (κ3) is 11.6. The molecular formula is C29H38Cl2N2O4. The molecule has 0 heterocycles. The van der Waals surface area contributed by atoms with Gasteiger partial charge in [-0.25, -0.2) is 4.79 Å². The zero-order valence-corrected chi connectivity index (χ0v) is 23.1. The van der Waals surface area contributed by atoms with Gasteiger partial charge in [0.05, 0.1) is 0 Å². The van der Waals surface area contributed by atoms with Crippen molar-refractivity contribution in [3.63, 3.8) is 0 Å². The highest BCUT2D eigenvalue weighted by Crippen LogP contribution is 2.23. The van der Waals surface area contributed by atoms with E-state index in [0.717, 1.165) is 12.8 Å². The zero-order chi connectivity index (χ0) is 27.0. The summed E-state index contributed by atoms with van der Waals surface area (Å²) in [6, 6.07) is 11.7. The molecule has 0 atom stereocenters. The topological polar surface area (TPSA) is 86.7 Å². The molecule has 37 heavy (non-hydrogen) atoms. The first-order valence-corrected chi connectivity index (χ1v) is 13.9. The molecule has 0 aliphatic heterocycles. The number of carboxylic acids is 1. The molecule has 2 N–H and O–H groups in total. The minimum Gasteiger partial charge on any atom is -0.474 e. The molecule has 2 amide bonds. The number of carboxylic acid groups (broad SMARTS) is 1. The van der Waals surface area contributed by atoms with Crippen LogP contribution in [0.4, 0.5) is 0 Å². The second-order valence-electron chi connectivity index (χ2n) is 9.34. The van der Waals surface area contributed by atoms with Gasteiger partial charge in [0.25, 0.3) is 5.91 Å². The monoisotopic (exact) mass is 548 g/mol. The quantitative estimate of drug-likeness (QED) is 0.171. The van der Waals surface area contributed by atoms with Gasteiger partial charge < -0.3 is 15.3 Å². The largest absolute Gasteiger partial charge is 0.474 e. The van der Waals surface area contributed by atoms with Gasteiger partial charge in [0.2, 0.25) is 0 Å². The molecule has 0 saturated heterocycles. The van der Waals surface area contributed by atoms with Crippen molar-refractivity contribution >= 4 is 41.0 Å². The molecule has 8 heteroatoms. The Kier molecular flexibility index (Phi) is 14.1. The second kappa shape index (κ2) is 17.0. The minimum atomic E-state index is -1.55. The average Bonchev–Trinajstić information content (AvgIpc) is 2.88. The molecule has 0 fully saturated rings. The van der Waals surface area contributed by atoms with Crippen LogP contribution >= 0.6 is 23.2 Å². The maximum Gasteiger partial charge on any atom is 0.394 e. The number of hydrogen-bond donors (Lipinski definition) is 2. The van der Waals surface area contributed by atoms with Gasteiger partial charge in [0.1, 0.15) is 0 Å². The molecule has 0 unspecified atom stereocenters. The predicted octanol–water partition coefficient (Wildman–Crippen LogP) is 7.26. The van der Waals surface area contributed by atoms with Crippen molar-refractivity contribution in [1.82, 2.24) is 10.2 Å². The first kappa shape index (κ1) is 30.7. The van der Waals surface area contributed by atoms with E-state index in [4.69, 9.17) is 23.2 Å². The van der Waals surface area contributed by atoms with Crippen LogP contribution < -0.4 is 5.32 Å². The van der Waals surface area contributed by atoms with Crippen LogP contribution in [0.25, 0.3) is 0 Å². The van der Waals surface area contributed by atoms with Crippen LogP contribution in [0.3, 0.4) is 0 Å². The lowest BCUT2D eigenvalue weighted by Crippen LogP contribution is -2.35. The lowest BCUT2D eigenvalue weighted by molar-refractivity contribution is -0.156. The summed E-state index contributed by atoms with van der Waals surface area (Å²) in [5.74, 6) is -2.73. The Morgan fingerprint density at radius 1 is 0.811 bits per heavy atom. The fourth-order valence-electron chi connectivity index (χ4n) is 4.09. The van der Waals surface area contributed by atoms with E-state index in [-0.39, 0.29) is 19.0 Å². The maximum absolute atomic E-state index is 12.5. The summed E-state index contributed by atoms with van der Waals surface area (Å²) in [4.78, 5) is 37.3. The zero-order valence-electron chi connectivity index (χ0n) is 21.6. The molecule has 6 nitrogen and oxygen atoms in total. The number of amides is 2. The van der Waals surface area contributed by atoms with Crippen LogP contribution in [0, 0.1) is 0 Å². The Balaban J connectivity index is 1.79. The number of benzene rings is 2. The van der Waals surface area contributed by atoms with Crippen LogP contribution in [0.2, 0.25) is 10.0 Å². The summed E-state index contributed by atoms with van der Waals surface area (Å²) >= 11 is 12.1. The fourth-order valence-corrected chi connectivity index (χ4v) is 4.56. The molecule has 0 aliphatic rings. The van der Waals surface area contributed by atoms with Crippen molar-refractivity contribution in [2.45, 2.75) is 84.2 Å². The van der Waals surface area contributed by atoms with Gasteiger partial charge in [-0.1, -0.05) is 106 Å². The maximum atomic E-state index is 12.5. The van der Waals surface area contributed by atoms with Gasteiger partial charge in [-0.15, -0.1) is 0 Å². The van der Waals surface area contributed by atoms with Crippen molar-refractivity contribution in [3.8, 4) is 0 Å². The summed E-state index contributed by atoms with van der Waals surface area (Å²) in [7, 11) is 0. The van der Waals surface area contributed by atoms with E-state index >= 15 is 0 Å². The van der Waals surface area contributed by atoms with Crippen LogP contribution in [0.15, 0.2) is 42.5 Å². The van der Waals surface area contributed by atoms with Crippen molar-refractivity contribution in [2.75, 3.05) is 6.54 Å². The lowest BCUT2D eigenvalue weighted by atomic mass is 10.1. The Bertz CT molecular complexity index is 1010. The third-order valence-corrected chi connectivity index (χ3v) is 6.84. The van der Waals surface area contributed by atoms with Gasteiger partial charge >= 0.3 is 11.9 Å². The number of nitrogens with one attached hydrogen (secondary N) is 1. The number of halogens is 2. The first-order chi connectivity index (χ1) is 17.8. The molecule has 202 valence electrons. The molecule has 0 aliphatic carbocycles. The number of nitrogens with zero attached hydrogens (tertiary/aromatic N) is 1. The van der Waals surface area contributed by atoms with Gasteiger partial charge in [-0.2, -0.15) is 0 Å². The molecule has 0 bridgehead atoms. The smallest absolute Gasteiger partial charge is 0.394 e. The average molecular weight is 550 g/mol. The summed E-state index contributed by atoms with van der Waals surface area (Å²) in [6.45, 7) is 2.95. The molecule has 2 aromatic carbocycles. The van der Waals surface area contributed by atoms with E-state index in [0.29, 0.717) is 33.3 Å². The van der Waals surface area contributed by atoms with Gasteiger partial charge in [0.15, 0.2) is 0 Å². The van der Waals surface area contributed by atoms with E-state index in [1.165, 1.54) is 56.3 Å². The normalized spacial score (nSPS) is 10.8. The Labute approximate surface area is 230 Å². The van der Waals surface area contributed by atoms with Crippen LogP contribution in [-0.4, -0.2) is 34.3 Å².